The van der Waals surface area contributed by atoms with E-state index in [9.17, 15) is 0 Å². The predicted molar refractivity (Wildman–Crippen MR) is 77.2 cm³/mol. The smallest absolute Gasteiger partial charge is 0.0959 e. The maximum atomic E-state index is 6.34. The van der Waals surface area contributed by atoms with Gasteiger partial charge in [0.2, 0.25) is 0 Å². The number of nitrogens with one attached hydrogen (secondary N) is 1. The summed E-state index contributed by atoms with van der Waals surface area (Å²) in [7, 11) is 0. The Balaban J connectivity index is 1.69. The molecule has 1 saturated heterocycles. The van der Waals surface area contributed by atoms with Crippen LogP contribution in [-0.2, 0) is 4.74 Å². The first-order valence-corrected chi connectivity index (χ1v) is 7.25. The van der Waals surface area contributed by atoms with Crippen molar-refractivity contribution in [3.63, 3.8) is 0 Å². The van der Waals surface area contributed by atoms with Gasteiger partial charge < -0.3 is 10.1 Å². The van der Waals surface area contributed by atoms with E-state index in [2.05, 4.69) is 47.8 Å². The topological polar surface area (TPSA) is 21.3 Å². The van der Waals surface area contributed by atoms with Crippen LogP contribution in [0.5, 0.6) is 0 Å². The van der Waals surface area contributed by atoms with Crippen molar-refractivity contribution in [2.75, 3.05) is 13.1 Å². The summed E-state index contributed by atoms with van der Waals surface area (Å²) in [5.41, 5.74) is 1.33. The number of rotatable bonds is 2. The molecule has 2 aromatic carbocycles. The Labute approximate surface area is 113 Å². The summed E-state index contributed by atoms with van der Waals surface area (Å²) in [5.74, 6) is 0.797. The molecule has 2 fully saturated rings. The molecule has 2 atom stereocenters. The van der Waals surface area contributed by atoms with Crippen molar-refractivity contribution in [2.45, 2.75) is 25.0 Å². The zero-order valence-corrected chi connectivity index (χ0v) is 11.0. The van der Waals surface area contributed by atoms with Crippen molar-refractivity contribution < 1.29 is 4.74 Å². The van der Waals surface area contributed by atoms with Crippen LogP contribution in [0.2, 0.25) is 0 Å². The van der Waals surface area contributed by atoms with Gasteiger partial charge in [0.15, 0.2) is 0 Å². The van der Waals surface area contributed by atoms with Gasteiger partial charge in [-0.3, -0.25) is 0 Å². The molecule has 2 heteroatoms. The lowest BCUT2D eigenvalue weighted by molar-refractivity contribution is -0.0486. The van der Waals surface area contributed by atoms with Gasteiger partial charge in [-0.15, -0.1) is 0 Å². The van der Waals surface area contributed by atoms with Gasteiger partial charge in [-0.05, 0) is 35.1 Å². The lowest BCUT2D eigenvalue weighted by Crippen LogP contribution is -2.41. The molecule has 0 amide bonds. The molecular formula is C17H19NO. The highest BCUT2D eigenvalue weighted by atomic mass is 16.5. The lowest BCUT2D eigenvalue weighted by atomic mass is 9.99. The van der Waals surface area contributed by atoms with Crippen molar-refractivity contribution >= 4 is 10.8 Å². The maximum absolute atomic E-state index is 6.34. The van der Waals surface area contributed by atoms with E-state index in [0.717, 1.165) is 19.0 Å². The van der Waals surface area contributed by atoms with Gasteiger partial charge >= 0.3 is 0 Å². The van der Waals surface area contributed by atoms with Crippen LogP contribution < -0.4 is 5.32 Å². The zero-order valence-electron chi connectivity index (χ0n) is 11.0. The molecule has 0 bridgehead atoms. The average molecular weight is 253 g/mol. The van der Waals surface area contributed by atoms with Gasteiger partial charge in [0, 0.05) is 13.1 Å². The summed E-state index contributed by atoms with van der Waals surface area (Å²) < 4.78 is 6.34. The summed E-state index contributed by atoms with van der Waals surface area (Å²) in [6, 6.07) is 15.1. The van der Waals surface area contributed by atoms with Gasteiger partial charge in [0.1, 0.15) is 0 Å². The van der Waals surface area contributed by atoms with E-state index in [-0.39, 0.29) is 6.10 Å². The highest BCUT2D eigenvalue weighted by molar-refractivity contribution is 5.86. The third kappa shape index (κ3) is 2.15. The summed E-state index contributed by atoms with van der Waals surface area (Å²) in [4.78, 5) is 0. The van der Waals surface area contributed by atoms with Crippen LogP contribution in [0.1, 0.15) is 24.5 Å². The summed E-state index contributed by atoms with van der Waals surface area (Å²) >= 11 is 0. The summed E-state index contributed by atoms with van der Waals surface area (Å²) in [6.45, 7) is 1.95. The largest absolute Gasteiger partial charge is 0.367 e. The van der Waals surface area contributed by atoms with E-state index in [1.54, 1.807) is 0 Å². The number of ether oxygens (including phenoxy) is 1. The molecule has 1 saturated carbocycles. The Bertz CT molecular complexity index is 585. The van der Waals surface area contributed by atoms with Crippen LogP contribution >= 0.6 is 0 Å². The maximum Gasteiger partial charge on any atom is 0.0959 e. The lowest BCUT2D eigenvalue weighted by Gasteiger charge is -2.32. The Morgan fingerprint density at radius 3 is 2.68 bits per heavy atom. The van der Waals surface area contributed by atoms with Crippen LogP contribution in [0.4, 0.5) is 0 Å². The van der Waals surface area contributed by atoms with Crippen molar-refractivity contribution in [2.24, 2.45) is 5.92 Å². The highest BCUT2D eigenvalue weighted by Crippen LogP contribution is 2.38. The van der Waals surface area contributed by atoms with E-state index < -0.39 is 0 Å². The minimum absolute atomic E-state index is 0.199. The molecule has 4 rings (SSSR count). The molecule has 1 aliphatic heterocycles. The Morgan fingerprint density at radius 2 is 1.79 bits per heavy atom. The molecule has 0 spiro atoms. The number of hydrogen-bond donors (Lipinski definition) is 1. The molecule has 1 heterocycles. The number of morpholine rings is 1. The number of benzene rings is 2. The van der Waals surface area contributed by atoms with E-state index in [0.29, 0.717) is 6.10 Å². The first-order chi connectivity index (χ1) is 9.42. The third-order valence-corrected chi connectivity index (χ3v) is 4.33. The molecule has 0 radical (unpaired) electrons. The van der Waals surface area contributed by atoms with E-state index in [4.69, 9.17) is 4.74 Å². The van der Waals surface area contributed by atoms with Crippen LogP contribution in [0.3, 0.4) is 0 Å². The van der Waals surface area contributed by atoms with Gasteiger partial charge in [0.05, 0.1) is 12.2 Å². The van der Waals surface area contributed by atoms with Crippen LogP contribution in [0.15, 0.2) is 42.5 Å². The Hall–Kier alpha value is -1.38. The van der Waals surface area contributed by atoms with E-state index in [1.807, 2.05) is 0 Å². The summed E-state index contributed by atoms with van der Waals surface area (Å²) in [5, 5.41) is 6.17. The number of fused-ring (bicyclic) bond motifs is 1. The first-order valence-electron chi connectivity index (χ1n) is 7.25. The second-order valence-corrected chi connectivity index (χ2v) is 5.73. The monoisotopic (exact) mass is 253 g/mol. The zero-order chi connectivity index (χ0) is 12.7. The van der Waals surface area contributed by atoms with Gasteiger partial charge in [-0.1, -0.05) is 42.5 Å². The fraction of sp³-hybridized carbons (Fsp3) is 0.412. The Kier molecular flexibility index (Phi) is 2.78. The quantitative estimate of drug-likeness (QED) is 0.887. The predicted octanol–water partition coefficient (Wildman–Crippen LogP) is 3.28. The van der Waals surface area contributed by atoms with Gasteiger partial charge in [0.25, 0.3) is 0 Å². The van der Waals surface area contributed by atoms with E-state index in [1.165, 1.54) is 29.2 Å². The molecule has 1 N–H and O–H groups in total. The highest BCUT2D eigenvalue weighted by Gasteiger charge is 2.36. The molecule has 2 nitrogen and oxygen atoms in total. The normalized spacial score (nSPS) is 27.6. The standard InChI is InChI=1S/C17H19NO/c1-2-6-14-12(4-1)5-3-7-15(14)17-11-18-10-16(19-17)13-8-9-13/h1-7,13,16-18H,8-11H2. The SMILES string of the molecule is c1ccc2c(C3CNCC(C4CC4)O3)cccc2c1. The summed E-state index contributed by atoms with van der Waals surface area (Å²) in [6.07, 6.45) is 3.30. The number of hydrogen-bond acceptors (Lipinski definition) is 2. The van der Waals surface area contributed by atoms with Crippen LogP contribution in [0.25, 0.3) is 10.8 Å². The molecule has 2 aliphatic rings. The fourth-order valence-electron chi connectivity index (χ4n) is 3.12. The Morgan fingerprint density at radius 1 is 0.947 bits per heavy atom. The minimum Gasteiger partial charge on any atom is -0.367 e. The molecule has 2 aromatic rings. The minimum atomic E-state index is 0.199. The molecule has 98 valence electrons. The van der Waals surface area contributed by atoms with Crippen molar-refractivity contribution in [1.82, 2.24) is 5.32 Å². The third-order valence-electron chi connectivity index (χ3n) is 4.33. The van der Waals surface area contributed by atoms with Gasteiger partial charge in [-0.2, -0.15) is 0 Å². The average Bonchev–Trinajstić information content (AvgIpc) is 3.31. The molecule has 0 aromatic heterocycles. The van der Waals surface area contributed by atoms with Gasteiger partial charge in [-0.25, -0.2) is 0 Å². The fourth-order valence-corrected chi connectivity index (χ4v) is 3.12. The second kappa shape index (κ2) is 4.62. The molecule has 2 unspecified atom stereocenters. The molecule has 1 aliphatic carbocycles. The van der Waals surface area contributed by atoms with Crippen molar-refractivity contribution in [1.29, 1.82) is 0 Å². The van der Waals surface area contributed by atoms with E-state index >= 15 is 0 Å². The van der Waals surface area contributed by atoms with Crippen molar-refractivity contribution in [3.8, 4) is 0 Å². The van der Waals surface area contributed by atoms with Crippen LogP contribution in [0, 0.1) is 5.92 Å². The van der Waals surface area contributed by atoms with Crippen molar-refractivity contribution in [3.05, 3.63) is 48.0 Å². The first kappa shape index (κ1) is 11.4. The second-order valence-electron chi connectivity index (χ2n) is 5.73. The molecule has 19 heavy (non-hydrogen) atoms. The van der Waals surface area contributed by atoms with Crippen LogP contribution in [-0.4, -0.2) is 19.2 Å². The molecular weight excluding hydrogens is 234 g/mol.